The van der Waals surface area contributed by atoms with E-state index in [1.54, 1.807) is 0 Å². The normalized spacial score (nSPS) is 8.85. The molecule has 0 saturated heterocycles. The lowest BCUT2D eigenvalue weighted by molar-refractivity contribution is 0.0437. The van der Waals surface area contributed by atoms with Crippen molar-refractivity contribution in [3.05, 3.63) is 24.3 Å². The molecule has 0 radical (unpaired) electrons. The number of terminal acetylenes is 1. The van der Waals surface area contributed by atoms with Crippen LogP contribution in [0.25, 0.3) is 0 Å². The van der Waals surface area contributed by atoms with Gasteiger partial charge in [0.2, 0.25) is 0 Å². The molecule has 5 heteroatoms. The van der Waals surface area contributed by atoms with E-state index in [1.807, 2.05) is 0 Å². The average Bonchev–Trinajstić information content (AvgIpc) is 2.19. The zero-order valence-corrected chi connectivity index (χ0v) is 6.73. The summed E-state index contributed by atoms with van der Waals surface area (Å²) in [5, 5.41) is 0. The summed E-state index contributed by atoms with van der Waals surface area (Å²) in [6, 6.07) is 0. The second-order valence-electron chi connectivity index (χ2n) is 2.05. The Labute approximate surface area is 75.1 Å². The third kappa shape index (κ3) is 2.89. The van der Waals surface area contributed by atoms with Crippen molar-refractivity contribution in [1.29, 1.82) is 0 Å². The van der Waals surface area contributed by atoms with Gasteiger partial charge in [0.1, 0.15) is 12.9 Å². The molecule has 0 aromatic carbocycles. The highest BCUT2D eigenvalue weighted by atomic mass is 16.6. The Morgan fingerprint density at radius 2 is 2.31 bits per heavy atom. The molecule has 0 aliphatic heterocycles. The minimum atomic E-state index is -0.421. The number of carbonyl (C=O) groups is 1. The van der Waals surface area contributed by atoms with Crippen LogP contribution >= 0.6 is 0 Å². The summed E-state index contributed by atoms with van der Waals surface area (Å²) in [5.74, 6) is 1.79. The molecule has 1 heterocycles. The van der Waals surface area contributed by atoms with Crippen molar-refractivity contribution in [3.8, 4) is 12.3 Å². The Hall–Kier alpha value is -1.93. The molecule has 0 bridgehead atoms. The van der Waals surface area contributed by atoms with Crippen molar-refractivity contribution in [2.24, 2.45) is 0 Å². The van der Waals surface area contributed by atoms with Crippen LogP contribution in [0, 0.1) is 12.3 Å². The lowest BCUT2D eigenvalue weighted by Gasteiger charge is -2.01. The van der Waals surface area contributed by atoms with Gasteiger partial charge in [-0.25, -0.2) is 15.4 Å². The van der Waals surface area contributed by atoms with E-state index in [2.05, 4.69) is 26.2 Å². The van der Waals surface area contributed by atoms with Gasteiger partial charge in [-0.1, -0.05) is 5.92 Å². The molecule has 1 aromatic heterocycles. The first-order valence-corrected chi connectivity index (χ1v) is 3.45. The number of hydroxylamine groups is 1. The molecule has 1 aromatic rings. The molecule has 0 atom stereocenters. The van der Waals surface area contributed by atoms with Gasteiger partial charge < -0.3 is 0 Å². The molecule has 0 aliphatic rings. The molecular formula is C8H7N3O2. The smallest absolute Gasteiger partial charge is 0.267 e. The largest absolute Gasteiger partial charge is 0.278 e. The number of hydrogen-bond acceptors (Lipinski definition) is 4. The maximum Gasteiger partial charge on any atom is 0.278 e. The predicted molar refractivity (Wildman–Crippen MR) is 44.3 cm³/mol. The number of nitrogens with one attached hydrogen (secondary N) is 1. The predicted octanol–water partition coefficient (Wildman–Crippen LogP) is -0.229. The lowest BCUT2D eigenvalue weighted by Crippen LogP contribution is -2.24. The summed E-state index contributed by atoms with van der Waals surface area (Å²) in [7, 11) is 0. The molecule has 13 heavy (non-hydrogen) atoms. The molecule has 0 saturated carbocycles. The minimum absolute atomic E-state index is 0.0272. The molecule has 0 aliphatic carbocycles. The molecule has 66 valence electrons. The van der Waals surface area contributed by atoms with E-state index in [0.29, 0.717) is 5.56 Å². The van der Waals surface area contributed by atoms with Gasteiger partial charge in [-0.2, -0.15) is 0 Å². The fourth-order valence-electron chi connectivity index (χ4n) is 0.619. The van der Waals surface area contributed by atoms with E-state index in [4.69, 9.17) is 6.42 Å². The SMILES string of the molecule is C#CCONC(=O)c1cncnc1. The van der Waals surface area contributed by atoms with Crippen molar-refractivity contribution >= 4 is 5.91 Å². The topological polar surface area (TPSA) is 64.1 Å². The number of rotatable bonds is 3. The summed E-state index contributed by atoms with van der Waals surface area (Å²) < 4.78 is 0. The second kappa shape index (κ2) is 4.85. The van der Waals surface area contributed by atoms with Gasteiger partial charge in [0, 0.05) is 12.4 Å². The highest BCUT2D eigenvalue weighted by Crippen LogP contribution is 1.91. The Balaban J connectivity index is 2.46. The maximum atomic E-state index is 11.1. The monoisotopic (exact) mass is 177 g/mol. The summed E-state index contributed by atoms with van der Waals surface area (Å²) in [5.41, 5.74) is 2.46. The average molecular weight is 177 g/mol. The Morgan fingerprint density at radius 1 is 1.62 bits per heavy atom. The standard InChI is InChI=1S/C8H7N3O2/c1-2-3-13-11-8(12)7-4-9-6-10-5-7/h1,4-6H,3H2,(H,11,12). The fraction of sp³-hybridized carbons (Fsp3) is 0.125. The molecule has 1 amide bonds. The van der Waals surface area contributed by atoms with Crippen LogP contribution in [0.1, 0.15) is 10.4 Å². The number of amides is 1. The Bertz CT molecular complexity index is 318. The first kappa shape index (κ1) is 9.16. The third-order valence-electron chi connectivity index (χ3n) is 1.14. The summed E-state index contributed by atoms with van der Waals surface area (Å²) >= 11 is 0. The van der Waals surface area contributed by atoms with E-state index < -0.39 is 5.91 Å². The van der Waals surface area contributed by atoms with Crippen LogP contribution < -0.4 is 5.48 Å². The number of hydrogen-bond donors (Lipinski definition) is 1. The van der Waals surface area contributed by atoms with Crippen LogP contribution in [0.4, 0.5) is 0 Å². The van der Waals surface area contributed by atoms with Gasteiger partial charge in [-0.3, -0.25) is 9.63 Å². The first-order valence-electron chi connectivity index (χ1n) is 3.45. The summed E-state index contributed by atoms with van der Waals surface area (Å²) in [6.07, 6.45) is 8.99. The van der Waals surface area contributed by atoms with Crippen molar-refractivity contribution in [2.45, 2.75) is 0 Å². The van der Waals surface area contributed by atoms with Gasteiger partial charge in [-0.05, 0) is 0 Å². The molecule has 5 nitrogen and oxygen atoms in total. The van der Waals surface area contributed by atoms with Crippen LogP contribution in [-0.4, -0.2) is 22.5 Å². The van der Waals surface area contributed by atoms with E-state index in [9.17, 15) is 4.79 Å². The van der Waals surface area contributed by atoms with Gasteiger partial charge in [0.15, 0.2) is 0 Å². The number of carbonyl (C=O) groups excluding carboxylic acids is 1. The lowest BCUT2D eigenvalue weighted by atomic mass is 10.3. The molecule has 0 fully saturated rings. The van der Waals surface area contributed by atoms with Crippen molar-refractivity contribution in [3.63, 3.8) is 0 Å². The van der Waals surface area contributed by atoms with Crippen LogP contribution in [0.15, 0.2) is 18.7 Å². The van der Waals surface area contributed by atoms with Crippen LogP contribution in [0.3, 0.4) is 0 Å². The number of nitrogens with zero attached hydrogens (tertiary/aromatic N) is 2. The minimum Gasteiger partial charge on any atom is -0.267 e. The quantitative estimate of drug-likeness (QED) is 0.393. The fourth-order valence-corrected chi connectivity index (χ4v) is 0.619. The van der Waals surface area contributed by atoms with Crippen LogP contribution in [0.5, 0.6) is 0 Å². The molecule has 1 rings (SSSR count). The van der Waals surface area contributed by atoms with Crippen LogP contribution in [0.2, 0.25) is 0 Å². The maximum absolute atomic E-state index is 11.1. The molecular weight excluding hydrogens is 170 g/mol. The Morgan fingerprint density at radius 3 is 2.92 bits per heavy atom. The summed E-state index contributed by atoms with van der Waals surface area (Å²) in [4.78, 5) is 23.1. The van der Waals surface area contributed by atoms with E-state index in [-0.39, 0.29) is 6.61 Å². The second-order valence-corrected chi connectivity index (χ2v) is 2.05. The zero-order valence-electron chi connectivity index (χ0n) is 6.73. The van der Waals surface area contributed by atoms with Gasteiger partial charge in [0.25, 0.3) is 5.91 Å². The van der Waals surface area contributed by atoms with E-state index >= 15 is 0 Å². The van der Waals surface area contributed by atoms with Gasteiger partial charge in [-0.15, -0.1) is 6.42 Å². The molecule has 0 unspecified atom stereocenters. The highest BCUT2D eigenvalue weighted by molar-refractivity contribution is 5.92. The highest BCUT2D eigenvalue weighted by Gasteiger charge is 2.03. The Kier molecular flexibility index (Phi) is 3.42. The first-order chi connectivity index (χ1) is 6.34. The molecule has 1 N–H and O–H groups in total. The van der Waals surface area contributed by atoms with E-state index in [1.165, 1.54) is 18.7 Å². The summed E-state index contributed by atoms with van der Waals surface area (Å²) in [6.45, 7) is 0.0272. The van der Waals surface area contributed by atoms with Crippen LogP contribution in [-0.2, 0) is 4.84 Å². The third-order valence-corrected chi connectivity index (χ3v) is 1.14. The van der Waals surface area contributed by atoms with Gasteiger partial charge >= 0.3 is 0 Å². The van der Waals surface area contributed by atoms with Gasteiger partial charge in [0.05, 0.1) is 5.56 Å². The zero-order chi connectivity index (χ0) is 9.52. The number of aromatic nitrogens is 2. The van der Waals surface area contributed by atoms with E-state index in [0.717, 1.165) is 0 Å². The molecule has 0 spiro atoms. The van der Waals surface area contributed by atoms with Crippen molar-refractivity contribution in [2.75, 3.05) is 6.61 Å². The van der Waals surface area contributed by atoms with Crippen molar-refractivity contribution in [1.82, 2.24) is 15.4 Å². The van der Waals surface area contributed by atoms with Crippen molar-refractivity contribution < 1.29 is 9.63 Å².